The maximum atomic E-state index is 12.3. The van der Waals surface area contributed by atoms with Gasteiger partial charge < -0.3 is 15.5 Å². The highest BCUT2D eigenvalue weighted by molar-refractivity contribution is 5.87. The van der Waals surface area contributed by atoms with Crippen LogP contribution in [0.2, 0.25) is 0 Å². The number of nitrogens with one attached hydrogen (secondary N) is 1. The Hall–Kier alpha value is -2.45. The van der Waals surface area contributed by atoms with E-state index in [0.29, 0.717) is 29.5 Å². The number of benzene rings is 1. The third kappa shape index (κ3) is 5.73. The number of likely N-dealkylation sites (tertiary alicyclic amines) is 1. The van der Waals surface area contributed by atoms with Crippen LogP contribution in [0.5, 0.6) is 0 Å². The minimum Gasteiger partial charge on any atom is -0.483 e. The molecule has 2 bridgehead atoms. The second kappa shape index (κ2) is 10.7. The number of aromatic carboxylic acids is 1. The van der Waals surface area contributed by atoms with Crippen LogP contribution in [0.1, 0.15) is 54.4 Å². The van der Waals surface area contributed by atoms with Gasteiger partial charge in [-0.05, 0) is 68.2 Å². The normalized spacial score (nSPS) is 29.2. The number of carbonyl (C=O) groups is 3. The van der Waals surface area contributed by atoms with E-state index in [-0.39, 0.29) is 18.3 Å². The van der Waals surface area contributed by atoms with Gasteiger partial charge in [-0.3, -0.25) is 19.4 Å². The van der Waals surface area contributed by atoms with E-state index >= 15 is 0 Å². The molecule has 4 atom stereocenters. The molecule has 0 aromatic heterocycles. The number of amides is 1. The Bertz CT molecular complexity index is 841. The van der Waals surface area contributed by atoms with Gasteiger partial charge in [-0.2, -0.15) is 0 Å². The lowest BCUT2D eigenvalue weighted by Crippen LogP contribution is -2.65. The molecule has 1 saturated carbocycles. The van der Waals surface area contributed by atoms with E-state index in [4.69, 9.17) is 15.0 Å². The fourth-order valence-corrected chi connectivity index (χ4v) is 6.12. The first kappa shape index (κ1) is 23.7. The van der Waals surface area contributed by atoms with E-state index in [9.17, 15) is 9.59 Å². The third-order valence-corrected chi connectivity index (χ3v) is 7.74. The Labute approximate surface area is 194 Å². The number of fused-ring (bicyclic) bond motifs is 4. The summed E-state index contributed by atoms with van der Waals surface area (Å²) in [6.07, 6.45) is 7.28. The first-order chi connectivity index (χ1) is 16.0. The Morgan fingerprint density at radius 2 is 1.76 bits per heavy atom. The van der Waals surface area contributed by atoms with E-state index < -0.39 is 5.97 Å². The lowest BCUT2D eigenvalue weighted by Gasteiger charge is -2.57. The van der Waals surface area contributed by atoms with Gasteiger partial charge in [-0.1, -0.05) is 18.6 Å². The molecular weight excluding hydrogens is 422 g/mol. The maximum Gasteiger partial charge on any atom is 0.335 e. The summed E-state index contributed by atoms with van der Waals surface area (Å²) in [6, 6.07) is 8.42. The Kier molecular flexibility index (Phi) is 7.65. The highest BCUT2D eigenvalue weighted by Gasteiger charge is 2.47. The number of nitrogens with zero attached hydrogens (tertiary/aromatic N) is 2. The predicted molar refractivity (Wildman–Crippen MR) is 123 cm³/mol. The summed E-state index contributed by atoms with van der Waals surface area (Å²) in [4.78, 5) is 37.1. The van der Waals surface area contributed by atoms with Crippen molar-refractivity contribution < 1.29 is 24.6 Å². The van der Waals surface area contributed by atoms with Gasteiger partial charge in [-0.25, -0.2) is 4.79 Å². The summed E-state index contributed by atoms with van der Waals surface area (Å²) in [5.41, 5.74) is 1.53. The van der Waals surface area contributed by atoms with Crippen molar-refractivity contribution in [3.63, 3.8) is 0 Å². The molecule has 3 aliphatic heterocycles. The lowest BCUT2D eigenvalue weighted by molar-refractivity contribution is -0.124. The van der Waals surface area contributed by atoms with Gasteiger partial charge in [-0.15, -0.1) is 0 Å². The minimum absolute atomic E-state index is 0.250. The highest BCUT2D eigenvalue weighted by atomic mass is 16.4. The van der Waals surface area contributed by atoms with E-state index in [2.05, 4.69) is 15.1 Å². The van der Waals surface area contributed by atoms with Gasteiger partial charge >= 0.3 is 5.97 Å². The number of hydrogen-bond donors (Lipinski definition) is 3. The van der Waals surface area contributed by atoms with Gasteiger partial charge in [0.1, 0.15) is 0 Å². The van der Waals surface area contributed by atoms with Crippen LogP contribution < -0.4 is 5.32 Å². The van der Waals surface area contributed by atoms with E-state index in [1.54, 1.807) is 12.1 Å². The topological polar surface area (TPSA) is 110 Å². The van der Waals surface area contributed by atoms with Crippen molar-refractivity contribution in [1.29, 1.82) is 0 Å². The molecule has 4 fully saturated rings. The number of carbonyl (C=O) groups excluding carboxylic acids is 1. The van der Waals surface area contributed by atoms with Gasteiger partial charge in [0.2, 0.25) is 5.91 Å². The quantitative estimate of drug-likeness (QED) is 0.562. The molecule has 33 heavy (non-hydrogen) atoms. The fraction of sp³-hybridized carbons (Fsp3) is 0.640. The molecule has 1 aromatic rings. The molecule has 8 nitrogen and oxygen atoms in total. The minimum atomic E-state index is -0.873. The molecule has 3 N–H and O–H groups in total. The van der Waals surface area contributed by atoms with Crippen LogP contribution in [0.3, 0.4) is 0 Å². The summed E-state index contributed by atoms with van der Waals surface area (Å²) in [6.45, 7) is 4.79. The van der Waals surface area contributed by atoms with Crippen molar-refractivity contribution in [2.24, 2.45) is 17.8 Å². The number of hydrogen-bond acceptors (Lipinski definition) is 5. The summed E-state index contributed by atoms with van der Waals surface area (Å²) < 4.78 is 0. The summed E-state index contributed by atoms with van der Waals surface area (Å²) in [5, 5.41) is 19.3. The zero-order valence-electron chi connectivity index (χ0n) is 19.1. The molecule has 5 rings (SSSR count). The molecule has 3 saturated heterocycles. The average molecular weight is 458 g/mol. The van der Waals surface area contributed by atoms with Crippen molar-refractivity contribution in [3.05, 3.63) is 35.4 Å². The molecule has 0 spiro atoms. The van der Waals surface area contributed by atoms with Crippen molar-refractivity contribution in [2.75, 3.05) is 26.2 Å². The summed E-state index contributed by atoms with van der Waals surface area (Å²) in [5.74, 6) is 0.961. The monoisotopic (exact) mass is 457 g/mol. The molecule has 4 aliphatic rings. The molecule has 1 aliphatic carbocycles. The van der Waals surface area contributed by atoms with Crippen molar-refractivity contribution >= 4 is 18.3 Å². The molecular formula is C25H35N3O5. The van der Waals surface area contributed by atoms with Crippen LogP contribution in [-0.4, -0.2) is 76.6 Å². The maximum absolute atomic E-state index is 12.3. The Balaban J connectivity index is 0.000000821. The largest absolute Gasteiger partial charge is 0.483 e. The van der Waals surface area contributed by atoms with Crippen LogP contribution in [0.4, 0.5) is 0 Å². The predicted octanol–water partition coefficient (Wildman–Crippen LogP) is 2.29. The second-order valence-corrected chi connectivity index (χ2v) is 9.95. The number of carboxylic acid groups (broad SMARTS) is 2. The van der Waals surface area contributed by atoms with Gasteiger partial charge in [0.15, 0.2) is 0 Å². The standard InChI is InChI=1S/C24H33N3O3.CH2O2/c28-23(17-8-9-17)25-12-22-20-11-19(21-3-1-2-10-27(21)22)14-26(15-20)13-16-4-6-18(7-5-16)24(29)30;2-1-3/h4-7,17,19-22H,1-3,8-15H2,(H,25,28)(H,29,30);1H,(H,2,3)/t19-,20+,21+,22+;/m1./s1. The molecule has 1 amide bonds. The smallest absolute Gasteiger partial charge is 0.335 e. The van der Waals surface area contributed by atoms with Crippen molar-refractivity contribution in [3.8, 4) is 0 Å². The molecule has 0 unspecified atom stereocenters. The lowest BCUT2D eigenvalue weighted by atomic mass is 9.72. The fourth-order valence-electron chi connectivity index (χ4n) is 6.12. The first-order valence-corrected chi connectivity index (χ1v) is 12.2. The average Bonchev–Trinajstić information content (AvgIpc) is 3.65. The second-order valence-electron chi connectivity index (χ2n) is 9.95. The van der Waals surface area contributed by atoms with Crippen LogP contribution in [0.15, 0.2) is 24.3 Å². The Morgan fingerprint density at radius 1 is 1.06 bits per heavy atom. The van der Waals surface area contributed by atoms with Crippen LogP contribution in [-0.2, 0) is 16.1 Å². The van der Waals surface area contributed by atoms with Crippen LogP contribution >= 0.6 is 0 Å². The summed E-state index contributed by atoms with van der Waals surface area (Å²) >= 11 is 0. The number of rotatable bonds is 6. The zero-order chi connectivity index (χ0) is 23.4. The molecule has 3 heterocycles. The third-order valence-electron chi connectivity index (χ3n) is 7.74. The van der Waals surface area contributed by atoms with E-state index in [1.807, 2.05) is 12.1 Å². The van der Waals surface area contributed by atoms with Gasteiger partial charge in [0.05, 0.1) is 5.56 Å². The van der Waals surface area contributed by atoms with Crippen molar-refractivity contribution in [2.45, 2.75) is 57.2 Å². The molecule has 0 radical (unpaired) electrons. The van der Waals surface area contributed by atoms with Crippen LogP contribution in [0.25, 0.3) is 0 Å². The first-order valence-electron chi connectivity index (χ1n) is 12.2. The zero-order valence-corrected chi connectivity index (χ0v) is 19.1. The Morgan fingerprint density at radius 3 is 2.42 bits per heavy atom. The molecule has 180 valence electrons. The van der Waals surface area contributed by atoms with Gasteiger partial charge in [0, 0.05) is 44.2 Å². The SMILES string of the molecule is O=C(O)c1ccc(CN2C[C@H]3C[C@@H](C2)[C@H](CNC(=O)C2CC2)N2CCCC[C@@H]32)cc1.O=CO. The summed E-state index contributed by atoms with van der Waals surface area (Å²) in [7, 11) is 0. The molecule has 1 aromatic carbocycles. The van der Waals surface area contributed by atoms with Crippen molar-refractivity contribution in [1.82, 2.24) is 15.1 Å². The van der Waals surface area contributed by atoms with E-state index in [0.717, 1.165) is 39.0 Å². The number of carboxylic acids is 1. The van der Waals surface area contributed by atoms with Gasteiger partial charge in [0.25, 0.3) is 6.47 Å². The number of piperidine rings is 3. The van der Waals surface area contributed by atoms with Crippen LogP contribution in [0, 0.1) is 17.8 Å². The highest BCUT2D eigenvalue weighted by Crippen LogP contribution is 2.41. The van der Waals surface area contributed by atoms with E-state index in [1.165, 1.54) is 37.8 Å². The molecule has 8 heteroatoms.